The quantitative estimate of drug-likeness (QED) is 0.828. The predicted octanol–water partition coefficient (Wildman–Crippen LogP) is 0.737. The van der Waals surface area contributed by atoms with Crippen molar-refractivity contribution in [3.63, 3.8) is 0 Å². The Morgan fingerprint density at radius 3 is 2.95 bits per heavy atom. The number of aromatic nitrogens is 1. The van der Waals surface area contributed by atoms with E-state index in [1.54, 1.807) is 14.0 Å². The maximum Gasteiger partial charge on any atom is 0.357 e. The number of carbonyl (C=O) groups is 3. The van der Waals surface area contributed by atoms with Crippen molar-refractivity contribution in [2.45, 2.75) is 13.3 Å². The van der Waals surface area contributed by atoms with Crippen molar-refractivity contribution in [2.75, 3.05) is 25.5 Å². The van der Waals surface area contributed by atoms with Crippen LogP contribution in [0.2, 0.25) is 0 Å². The molecular weight excluding hydrogens is 282 g/mol. The normalized spacial score (nSPS) is 18.2. The minimum atomic E-state index is -0.514. The summed E-state index contributed by atoms with van der Waals surface area (Å²) in [5.41, 5.74) is 0.173. The predicted molar refractivity (Wildman–Crippen MR) is 72.4 cm³/mol. The highest BCUT2D eigenvalue weighted by atomic mass is 32.1. The fraction of sp³-hybridized carbons (Fsp3) is 0.500. The van der Waals surface area contributed by atoms with Gasteiger partial charge in [0.05, 0.1) is 12.5 Å². The fourth-order valence-electron chi connectivity index (χ4n) is 1.88. The van der Waals surface area contributed by atoms with E-state index in [1.165, 1.54) is 10.3 Å². The first kappa shape index (κ1) is 14.4. The molecule has 1 aliphatic heterocycles. The molecule has 1 saturated heterocycles. The smallest absolute Gasteiger partial charge is 0.357 e. The average molecular weight is 297 g/mol. The molecule has 1 atom stereocenters. The SMILES string of the molecule is CCOC(=O)c1csc(NC(=O)[C@H]2CC(=O)N(C)C2)n1. The van der Waals surface area contributed by atoms with E-state index >= 15 is 0 Å². The molecule has 2 heterocycles. The van der Waals surface area contributed by atoms with E-state index in [0.29, 0.717) is 11.7 Å². The maximum absolute atomic E-state index is 12.0. The van der Waals surface area contributed by atoms with Gasteiger partial charge < -0.3 is 15.0 Å². The number of nitrogens with one attached hydrogen (secondary N) is 1. The summed E-state index contributed by atoms with van der Waals surface area (Å²) >= 11 is 1.15. The van der Waals surface area contributed by atoms with Crippen LogP contribution in [0.15, 0.2) is 5.38 Å². The summed E-state index contributed by atoms with van der Waals surface area (Å²) in [6.07, 6.45) is 0.207. The highest BCUT2D eigenvalue weighted by Gasteiger charge is 2.32. The van der Waals surface area contributed by atoms with Crippen LogP contribution in [0, 0.1) is 5.92 Å². The number of esters is 1. The van der Waals surface area contributed by atoms with Crippen LogP contribution in [0.1, 0.15) is 23.8 Å². The third kappa shape index (κ3) is 3.13. The summed E-state index contributed by atoms with van der Waals surface area (Å²) in [5, 5.41) is 4.48. The van der Waals surface area contributed by atoms with Crippen molar-refractivity contribution in [1.29, 1.82) is 0 Å². The number of nitrogens with zero attached hydrogens (tertiary/aromatic N) is 2. The zero-order chi connectivity index (χ0) is 14.7. The Balaban J connectivity index is 1.95. The third-order valence-corrected chi connectivity index (χ3v) is 3.69. The molecule has 0 aromatic carbocycles. The topological polar surface area (TPSA) is 88.6 Å². The molecule has 1 N–H and O–H groups in total. The number of anilines is 1. The van der Waals surface area contributed by atoms with Crippen LogP contribution in [0.25, 0.3) is 0 Å². The standard InChI is InChI=1S/C12H15N3O4S/c1-3-19-11(18)8-6-20-12(13-8)14-10(17)7-4-9(16)15(2)5-7/h6-7H,3-5H2,1-2H3,(H,13,14,17)/t7-/m0/s1. The molecular formula is C12H15N3O4S. The van der Waals surface area contributed by atoms with Crippen molar-refractivity contribution in [2.24, 2.45) is 5.92 Å². The Labute approximate surface area is 119 Å². The molecule has 1 aliphatic rings. The molecule has 0 radical (unpaired) electrons. The van der Waals surface area contributed by atoms with Crippen molar-refractivity contribution < 1.29 is 19.1 Å². The monoisotopic (exact) mass is 297 g/mol. The molecule has 1 aromatic heterocycles. The Kier molecular flexibility index (Phi) is 4.33. The molecule has 2 amide bonds. The van der Waals surface area contributed by atoms with Crippen molar-refractivity contribution in [3.8, 4) is 0 Å². The van der Waals surface area contributed by atoms with E-state index < -0.39 is 5.97 Å². The molecule has 7 nitrogen and oxygen atoms in total. The van der Waals surface area contributed by atoms with Crippen LogP contribution >= 0.6 is 11.3 Å². The minimum Gasteiger partial charge on any atom is -0.461 e. The highest BCUT2D eigenvalue weighted by molar-refractivity contribution is 7.14. The van der Waals surface area contributed by atoms with Gasteiger partial charge in [-0.3, -0.25) is 9.59 Å². The second kappa shape index (κ2) is 6.00. The van der Waals surface area contributed by atoms with Crippen LogP contribution in [0.5, 0.6) is 0 Å². The average Bonchev–Trinajstić information content (AvgIpc) is 2.98. The van der Waals surface area contributed by atoms with E-state index in [9.17, 15) is 14.4 Å². The molecule has 2 rings (SSSR count). The Hall–Kier alpha value is -1.96. The van der Waals surface area contributed by atoms with Crippen LogP contribution in [-0.4, -0.2) is 47.9 Å². The Morgan fingerprint density at radius 2 is 2.35 bits per heavy atom. The van der Waals surface area contributed by atoms with Gasteiger partial charge in [-0.25, -0.2) is 9.78 Å². The zero-order valence-corrected chi connectivity index (χ0v) is 12.0. The Bertz CT molecular complexity index is 543. The first-order valence-corrected chi connectivity index (χ1v) is 7.06. The summed E-state index contributed by atoms with van der Waals surface area (Å²) in [4.78, 5) is 40.3. The largest absolute Gasteiger partial charge is 0.461 e. The lowest BCUT2D eigenvalue weighted by molar-refractivity contribution is -0.127. The zero-order valence-electron chi connectivity index (χ0n) is 11.2. The second-order valence-electron chi connectivity index (χ2n) is 4.42. The molecule has 0 spiro atoms. The lowest BCUT2D eigenvalue weighted by atomic mass is 10.1. The van der Waals surface area contributed by atoms with E-state index in [4.69, 9.17) is 4.74 Å². The van der Waals surface area contributed by atoms with Gasteiger partial charge in [-0.1, -0.05) is 0 Å². The van der Waals surface area contributed by atoms with Gasteiger partial charge in [0.2, 0.25) is 11.8 Å². The van der Waals surface area contributed by atoms with Gasteiger partial charge in [0.1, 0.15) is 0 Å². The third-order valence-electron chi connectivity index (χ3n) is 2.93. The van der Waals surface area contributed by atoms with Gasteiger partial charge >= 0.3 is 5.97 Å². The summed E-state index contributed by atoms with van der Waals surface area (Å²) in [6.45, 7) is 2.38. The molecule has 20 heavy (non-hydrogen) atoms. The van der Waals surface area contributed by atoms with Gasteiger partial charge in [0.25, 0.3) is 0 Å². The fourth-order valence-corrected chi connectivity index (χ4v) is 2.56. The maximum atomic E-state index is 12.0. The van der Waals surface area contributed by atoms with Gasteiger partial charge in [0.15, 0.2) is 10.8 Å². The number of hydrogen-bond acceptors (Lipinski definition) is 6. The van der Waals surface area contributed by atoms with Crippen LogP contribution in [0.4, 0.5) is 5.13 Å². The molecule has 108 valence electrons. The number of hydrogen-bond donors (Lipinski definition) is 1. The van der Waals surface area contributed by atoms with E-state index in [2.05, 4.69) is 10.3 Å². The second-order valence-corrected chi connectivity index (χ2v) is 5.28. The lowest BCUT2D eigenvalue weighted by Gasteiger charge is -2.09. The van der Waals surface area contributed by atoms with Crippen LogP contribution in [-0.2, 0) is 14.3 Å². The summed E-state index contributed by atoms with van der Waals surface area (Å²) in [6, 6.07) is 0. The number of rotatable bonds is 4. The number of likely N-dealkylation sites (tertiary alicyclic amines) is 1. The van der Waals surface area contributed by atoms with Crippen LogP contribution < -0.4 is 5.32 Å². The molecule has 0 unspecified atom stereocenters. The number of ether oxygens (including phenoxy) is 1. The lowest BCUT2D eigenvalue weighted by Crippen LogP contribution is -2.25. The molecule has 0 aliphatic carbocycles. The van der Waals surface area contributed by atoms with E-state index in [0.717, 1.165) is 11.3 Å². The first-order valence-electron chi connectivity index (χ1n) is 6.18. The van der Waals surface area contributed by atoms with Gasteiger partial charge in [-0.2, -0.15) is 0 Å². The van der Waals surface area contributed by atoms with Crippen molar-refractivity contribution in [1.82, 2.24) is 9.88 Å². The Morgan fingerprint density at radius 1 is 1.60 bits per heavy atom. The summed E-state index contributed by atoms with van der Waals surface area (Å²) in [5.74, 6) is -1.19. The summed E-state index contributed by atoms with van der Waals surface area (Å²) < 4.78 is 4.82. The first-order chi connectivity index (χ1) is 9.51. The summed E-state index contributed by atoms with van der Waals surface area (Å²) in [7, 11) is 1.66. The molecule has 0 bridgehead atoms. The van der Waals surface area contributed by atoms with Crippen LogP contribution in [0.3, 0.4) is 0 Å². The van der Waals surface area contributed by atoms with E-state index in [-0.39, 0.29) is 36.5 Å². The van der Waals surface area contributed by atoms with Crippen molar-refractivity contribution >= 4 is 34.3 Å². The molecule has 1 fully saturated rings. The van der Waals surface area contributed by atoms with Crippen molar-refractivity contribution in [3.05, 3.63) is 11.1 Å². The van der Waals surface area contributed by atoms with Gasteiger partial charge in [0, 0.05) is 25.4 Å². The van der Waals surface area contributed by atoms with Gasteiger partial charge in [-0.05, 0) is 6.92 Å². The number of carbonyl (C=O) groups excluding carboxylic acids is 3. The highest BCUT2D eigenvalue weighted by Crippen LogP contribution is 2.21. The molecule has 1 aromatic rings. The molecule has 0 saturated carbocycles. The molecule has 8 heteroatoms. The van der Waals surface area contributed by atoms with E-state index in [1.807, 2.05) is 0 Å². The minimum absolute atomic E-state index is 0.0449. The van der Waals surface area contributed by atoms with Gasteiger partial charge in [-0.15, -0.1) is 11.3 Å². The number of thiazole rings is 1. The number of amides is 2.